The summed E-state index contributed by atoms with van der Waals surface area (Å²) >= 11 is 12.1. The number of halogens is 2. The lowest BCUT2D eigenvalue weighted by Crippen LogP contribution is -2.44. The molecule has 21 heavy (non-hydrogen) atoms. The Labute approximate surface area is 132 Å². The molecule has 0 amide bonds. The standard InChI is InChI=1S/C13H15Cl2N5O/c1-19-2-4-20(5-3-19)13-17-12(21-18-13)8-6-9(14)11(16)10(15)7-8/h6-7H,2-5,16H2,1H3. The number of benzene rings is 1. The predicted octanol–water partition coefficient (Wildman–Crippen LogP) is 2.38. The van der Waals surface area contributed by atoms with E-state index >= 15 is 0 Å². The number of hydrogen-bond donors (Lipinski definition) is 1. The minimum Gasteiger partial charge on any atom is -0.396 e. The number of anilines is 2. The molecule has 2 aromatic rings. The molecule has 0 radical (unpaired) electrons. The van der Waals surface area contributed by atoms with E-state index < -0.39 is 0 Å². The Kier molecular flexibility index (Phi) is 3.93. The summed E-state index contributed by atoms with van der Waals surface area (Å²) in [5.41, 5.74) is 6.73. The zero-order valence-corrected chi connectivity index (χ0v) is 13.0. The van der Waals surface area contributed by atoms with Crippen LogP contribution in [0.5, 0.6) is 0 Å². The maximum Gasteiger partial charge on any atom is 0.266 e. The van der Waals surface area contributed by atoms with Crippen LogP contribution in [0.3, 0.4) is 0 Å². The summed E-state index contributed by atoms with van der Waals surface area (Å²) in [5, 5.41) is 4.77. The molecule has 1 aliphatic heterocycles. The van der Waals surface area contributed by atoms with E-state index in [9.17, 15) is 0 Å². The molecule has 3 rings (SSSR count). The zero-order chi connectivity index (χ0) is 15.0. The first-order valence-electron chi connectivity index (χ1n) is 6.56. The molecule has 8 heteroatoms. The van der Waals surface area contributed by atoms with E-state index in [1.807, 2.05) is 0 Å². The molecule has 0 saturated carbocycles. The molecule has 0 bridgehead atoms. The molecule has 1 aromatic heterocycles. The van der Waals surface area contributed by atoms with Gasteiger partial charge in [-0.1, -0.05) is 23.2 Å². The smallest absolute Gasteiger partial charge is 0.266 e. The molecule has 1 saturated heterocycles. The lowest BCUT2D eigenvalue weighted by atomic mass is 10.2. The summed E-state index contributed by atoms with van der Waals surface area (Å²) < 4.78 is 5.31. The second-order valence-corrected chi connectivity index (χ2v) is 5.86. The Morgan fingerprint density at radius 2 is 1.76 bits per heavy atom. The highest BCUT2D eigenvalue weighted by atomic mass is 35.5. The number of nitrogens with two attached hydrogens (primary N) is 1. The number of hydrogen-bond acceptors (Lipinski definition) is 6. The third-order valence-corrected chi connectivity index (χ3v) is 4.15. The summed E-state index contributed by atoms with van der Waals surface area (Å²) in [7, 11) is 2.09. The molecule has 2 N–H and O–H groups in total. The second-order valence-electron chi connectivity index (χ2n) is 5.04. The van der Waals surface area contributed by atoms with E-state index in [-0.39, 0.29) is 0 Å². The van der Waals surface area contributed by atoms with Gasteiger partial charge in [0.2, 0.25) is 0 Å². The van der Waals surface area contributed by atoms with Crippen molar-refractivity contribution in [3.63, 3.8) is 0 Å². The van der Waals surface area contributed by atoms with E-state index in [4.69, 9.17) is 33.5 Å². The molecule has 2 heterocycles. The maximum atomic E-state index is 6.03. The van der Waals surface area contributed by atoms with Gasteiger partial charge in [-0.05, 0) is 24.3 Å². The van der Waals surface area contributed by atoms with Crippen LogP contribution in [-0.2, 0) is 0 Å². The van der Waals surface area contributed by atoms with Gasteiger partial charge in [0.25, 0.3) is 11.8 Å². The van der Waals surface area contributed by atoms with Crippen molar-refractivity contribution in [1.29, 1.82) is 0 Å². The van der Waals surface area contributed by atoms with Gasteiger partial charge in [-0.2, -0.15) is 4.98 Å². The summed E-state index contributed by atoms with van der Waals surface area (Å²) in [6.07, 6.45) is 0. The Morgan fingerprint density at radius 1 is 1.14 bits per heavy atom. The first-order chi connectivity index (χ1) is 10.0. The van der Waals surface area contributed by atoms with Crippen LogP contribution >= 0.6 is 23.2 Å². The number of likely N-dealkylation sites (N-methyl/N-ethyl adjacent to an activating group) is 1. The third-order valence-electron chi connectivity index (χ3n) is 3.53. The molecule has 0 spiro atoms. The van der Waals surface area contributed by atoms with Crippen molar-refractivity contribution in [3.05, 3.63) is 22.2 Å². The molecule has 1 fully saturated rings. The van der Waals surface area contributed by atoms with Crippen molar-refractivity contribution in [2.24, 2.45) is 0 Å². The first kappa shape index (κ1) is 14.4. The number of piperazine rings is 1. The van der Waals surface area contributed by atoms with Crippen LogP contribution in [0.1, 0.15) is 0 Å². The van der Waals surface area contributed by atoms with Crippen molar-refractivity contribution < 1.29 is 4.52 Å². The molecule has 1 aromatic carbocycles. The zero-order valence-electron chi connectivity index (χ0n) is 11.5. The predicted molar refractivity (Wildman–Crippen MR) is 83.9 cm³/mol. The van der Waals surface area contributed by atoms with Crippen LogP contribution in [0, 0.1) is 0 Å². The number of rotatable bonds is 2. The minimum atomic E-state index is 0.348. The van der Waals surface area contributed by atoms with Gasteiger partial charge < -0.3 is 20.1 Å². The van der Waals surface area contributed by atoms with Crippen LogP contribution < -0.4 is 10.6 Å². The number of nitrogen functional groups attached to an aromatic ring is 1. The van der Waals surface area contributed by atoms with Crippen LogP contribution in [0.2, 0.25) is 10.0 Å². The van der Waals surface area contributed by atoms with Gasteiger partial charge >= 0.3 is 0 Å². The summed E-state index contributed by atoms with van der Waals surface area (Å²) in [6, 6.07) is 3.34. The molecule has 1 aliphatic rings. The summed E-state index contributed by atoms with van der Waals surface area (Å²) in [6.45, 7) is 3.70. The molecule has 112 valence electrons. The Balaban J connectivity index is 1.85. The molecule has 6 nitrogen and oxygen atoms in total. The van der Waals surface area contributed by atoms with Gasteiger partial charge in [0.1, 0.15) is 0 Å². The normalized spacial score (nSPS) is 16.4. The average molecular weight is 328 g/mol. The van der Waals surface area contributed by atoms with E-state index in [1.165, 1.54) is 0 Å². The highest BCUT2D eigenvalue weighted by Gasteiger charge is 2.20. The minimum absolute atomic E-state index is 0.348. The third kappa shape index (κ3) is 2.92. The summed E-state index contributed by atoms with van der Waals surface area (Å²) in [5.74, 6) is 0.967. The van der Waals surface area contributed by atoms with Crippen molar-refractivity contribution in [2.75, 3.05) is 43.9 Å². The van der Waals surface area contributed by atoms with E-state index in [1.54, 1.807) is 12.1 Å². The van der Waals surface area contributed by atoms with Crippen molar-refractivity contribution in [3.8, 4) is 11.5 Å². The highest BCUT2D eigenvalue weighted by molar-refractivity contribution is 6.39. The molecule has 0 atom stereocenters. The highest BCUT2D eigenvalue weighted by Crippen LogP contribution is 2.33. The van der Waals surface area contributed by atoms with Crippen molar-refractivity contribution >= 4 is 34.8 Å². The van der Waals surface area contributed by atoms with Crippen LogP contribution in [0.15, 0.2) is 16.7 Å². The molecule has 0 aliphatic carbocycles. The lowest BCUT2D eigenvalue weighted by molar-refractivity contribution is 0.309. The van der Waals surface area contributed by atoms with Gasteiger partial charge in [-0.15, -0.1) is 0 Å². The van der Waals surface area contributed by atoms with Crippen molar-refractivity contribution in [1.82, 2.24) is 15.0 Å². The van der Waals surface area contributed by atoms with Gasteiger partial charge in [-0.25, -0.2) is 0 Å². The fraction of sp³-hybridized carbons (Fsp3) is 0.385. The quantitative estimate of drug-likeness (QED) is 0.854. The van der Waals surface area contributed by atoms with Crippen LogP contribution in [0.4, 0.5) is 11.6 Å². The fourth-order valence-corrected chi connectivity index (χ4v) is 2.66. The van der Waals surface area contributed by atoms with Gasteiger partial charge in [0.15, 0.2) is 0 Å². The largest absolute Gasteiger partial charge is 0.396 e. The Hall–Kier alpha value is -1.50. The van der Waals surface area contributed by atoms with Gasteiger partial charge in [0.05, 0.1) is 15.7 Å². The number of aromatic nitrogens is 2. The van der Waals surface area contributed by atoms with E-state index in [2.05, 4.69) is 27.0 Å². The maximum absolute atomic E-state index is 6.03. The Bertz CT molecular complexity index is 629. The fourth-order valence-electron chi connectivity index (χ4n) is 2.18. The molecular weight excluding hydrogens is 313 g/mol. The topological polar surface area (TPSA) is 71.4 Å². The second kappa shape index (κ2) is 5.71. The molecular formula is C13H15Cl2N5O. The SMILES string of the molecule is CN1CCN(c2noc(-c3cc(Cl)c(N)c(Cl)c3)n2)CC1. The first-order valence-corrected chi connectivity index (χ1v) is 7.32. The monoisotopic (exact) mass is 327 g/mol. The van der Waals surface area contributed by atoms with Crippen molar-refractivity contribution in [2.45, 2.75) is 0 Å². The Morgan fingerprint density at radius 3 is 2.38 bits per heavy atom. The van der Waals surface area contributed by atoms with E-state index in [0.29, 0.717) is 33.1 Å². The average Bonchev–Trinajstić information content (AvgIpc) is 2.95. The van der Waals surface area contributed by atoms with Gasteiger partial charge in [0, 0.05) is 31.7 Å². The lowest BCUT2D eigenvalue weighted by Gasteiger charge is -2.31. The van der Waals surface area contributed by atoms with Crippen LogP contribution in [-0.4, -0.2) is 48.3 Å². The molecule has 0 unspecified atom stereocenters. The summed E-state index contributed by atoms with van der Waals surface area (Å²) in [4.78, 5) is 8.76. The number of nitrogens with zero attached hydrogens (tertiary/aromatic N) is 4. The van der Waals surface area contributed by atoms with Gasteiger partial charge in [-0.3, -0.25) is 0 Å². The van der Waals surface area contributed by atoms with E-state index in [0.717, 1.165) is 26.2 Å². The van der Waals surface area contributed by atoms with Crippen LogP contribution in [0.25, 0.3) is 11.5 Å².